The van der Waals surface area contributed by atoms with Gasteiger partial charge in [0.2, 0.25) is 0 Å². The SMILES string of the molecule is C/C=C\CCCCCCCCC(=O)O.C=CCCCCCCCCCC(=O)O.CC/C=C\CCCCCCCC(=O)O.CCC/C=C\CCCCCCC(=O)O. The zero-order valence-electron chi connectivity index (χ0n) is 36.5. The summed E-state index contributed by atoms with van der Waals surface area (Å²) in [5, 5.41) is 33.6. The first-order valence-electron chi connectivity index (χ1n) is 22.5. The number of hydrogen-bond acceptors (Lipinski definition) is 4. The van der Waals surface area contributed by atoms with Crippen LogP contribution in [0.5, 0.6) is 0 Å². The van der Waals surface area contributed by atoms with Gasteiger partial charge in [0.15, 0.2) is 0 Å². The van der Waals surface area contributed by atoms with E-state index >= 15 is 0 Å². The quantitative estimate of drug-likeness (QED) is 0.0359. The van der Waals surface area contributed by atoms with Gasteiger partial charge in [-0.3, -0.25) is 19.2 Å². The number of carboxylic acid groups (broad SMARTS) is 4. The van der Waals surface area contributed by atoms with Crippen molar-refractivity contribution < 1.29 is 39.6 Å². The topological polar surface area (TPSA) is 149 Å². The predicted octanol–water partition coefficient (Wildman–Crippen LogP) is 15.1. The highest BCUT2D eigenvalue weighted by atomic mass is 16.4. The van der Waals surface area contributed by atoms with E-state index in [0.717, 1.165) is 77.0 Å². The second-order valence-electron chi connectivity index (χ2n) is 14.5. The van der Waals surface area contributed by atoms with Crippen LogP contribution in [0.25, 0.3) is 0 Å². The van der Waals surface area contributed by atoms with Gasteiger partial charge < -0.3 is 20.4 Å². The number of aliphatic carboxylic acids is 4. The average molecular weight is 793 g/mol. The van der Waals surface area contributed by atoms with E-state index in [-0.39, 0.29) is 0 Å². The van der Waals surface area contributed by atoms with Crippen molar-refractivity contribution in [1.82, 2.24) is 0 Å². The van der Waals surface area contributed by atoms with Crippen molar-refractivity contribution in [2.24, 2.45) is 0 Å². The molecule has 0 bridgehead atoms. The van der Waals surface area contributed by atoms with Crippen molar-refractivity contribution in [3.63, 3.8) is 0 Å². The van der Waals surface area contributed by atoms with Crippen molar-refractivity contribution in [3.05, 3.63) is 49.1 Å². The number of carbonyl (C=O) groups is 4. The third kappa shape index (κ3) is 75.7. The Hall–Kier alpha value is -3.16. The number of carboxylic acids is 4. The zero-order chi connectivity index (χ0) is 42.6. The van der Waals surface area contributed by atoms with E-state index in [9.17, 15) is 19.2 Å². The van der Waals surface area contributed by atoms with Crippen LogP contribution in [0, 0.1) is 0 Å². The number of allylic oxidation sites excluding steroid dienone is 7. The van der Waals surface area contributed by atoms with Crippen molar-refractivity contribution in [3.8, 4) is 0 Å². The van der Waals surface area contributed by atoms with E-state index in [2.05, 4.69) is 56.9 Å². The highest BCUT2D eigenvalue weighted by molar-refractivity contribution is 5.67. The Bertz CT molecular complexity index is 937. The van der Waals surface area contributed by atoms with Gasteiger partial charge in [0.25, 0.3) is 0 Å². The van der Waals surface area contributed by atoms with E-state index in [1.165, 1.54) is 109 Å². The molecule has 4 N–H and O–H groups in total. The Balaban J connectivity index is -0.000000322. The molecule has 8 heteroatoms. The summed E-state index contributed by atoms with van der Waals surface area (Å²) in [4.78, 5) is 40.8. The van der Waals surface area contributed by atoms with Gasteiger partial charge in [-0.2, -0.15) is 0 Å². The monoisotopic (exact) mass is 793 g/mol. The second-order valence-corrected chi connectivity index (χ2v) is 14.5. The third-order valence-corrected chi connectivity index (χ3v) is 8.84. The fraction of sp³-hybridized carbons (Fsp3) is 0.750. The van der Waals surface area contributed by atoms with E-state index in [4.69, 9.17) is 20.4 Å². The van der Waals surface area contributed by atoms with Crippen LogP contribution in [0.1, 0.15) is 233 Å². The summed E-state index contributed by atoms with van der Waals surface area (Å²) in [6.07, 6.45) is 49.4. The van der Waals surface area contributed by atoms with Crippen LogP contribution in [0.4, 0.5) is 0 Å². The molecule has 0 atom stereocenters. The molecule has 0 radical (unpaired) electrons. The van der Waals surface area contributed by atoms with Crippen LogP contribution in [0.3, 0.4) is 0 Å². The fourth-order valence-corrected chi connectivity index (χ4v) is 5.51. The lowest BCUT2D eigenvalue weighted by atomic mass is 10.1. The summed E-state index contributed by atoms with van der Waals surface area (Å²) in [5.41, 5.74) is 0. The van der Waals surface area contributed by atoms with Crippen LogP contribution in [-0.4, -0.2) is 44.3 Å². The van der Waals surface area contributed by atoms with Gasteiger partial charge in [0.1, 0.15) is 0 Å². The molecule has 0 heterocycles. The smallest absolute Gasteiger partial charge is 0.303 e. The van der Waals surface area contributed by atoms with Gasteiger partial charge in [0.05, 0.1) is 0 Å². The van der Waals surface area contributed by atoms with Gasteiger partial charge >= 0.3 is 23.9 Å². The molecule has 0 aliphatic heterocycles. The van der Waals surface area contributed by atoms with E-state index < -0.39 is 23.9 Å². The summed E-state index contributed by atoms with van der Waals surface area (Å²) in [6.45, 7) is 10.0. The maximum absolute atomic E-state index is 10.2. The summed E-state index contributed by atoms with van der Waals surface area (Å²) in [5.74, 6) is -2.68. The molecule has 0 saturated heterocycles. The Morgan fingerprint density at radius 1 is 0.375 bits per heavy atom. The minimum atomic E-state index is -0.673. The molecule has 0 amide bonds. The molecule has 0 aromatic rings. The summed E-state index contributed by atoms with van der Waals surface area (Å²) >= 11 is 0. The van der Waals surface area contributed by atoms with E-state index in [1.807, 2.05) is 13.0 Å². The number of unbranched alkanes of at least 4 members (excludes halogenated alkanes) is 23. The first-order chi connectivity index (χ1) is 27.1. The minimum Gasteiger partial charge on any atom is -0.481 e. The van der Waals surface area contributed by atoms with E-state index in [0.29, 0.717) is 25.7 Å². The van der Waals surface area contributed by atoms with Gasteiger partial charge in [-0.05, 0) is 96.8 Å². The normalized spacial score (nSPS) is 10.7. The molecular weight excluding hydrogens is 705 g/mol. The lowest BCUT2D eigenvalue weighted by molar-refractivity contribution is -0.138. The standard InChI is InChI=1S/4C12H22O2/c4*1-2-3-4-5-6-7-8-9-10-11-12(13)14/h4-5H,2-3,6-11H2,1H3,(H,13,14);3-4H,2,5-11H2,1H3,(H,13,14);2-3H,4-11H2,1H3,(H,13,14);2H,1,3-11H2,(H,13,14)/b5-4-;4-3-;3-2-;. The highest BCUT2D eigenvalue weighted by Gasteiger charge is 1.98. The Kier molecular flexibility index (Phi) is 59.7. The van der Waals surface area contributed by atoms with Gasteiger partial charge in [-0.25, -0.2) is 0 Å². The van der Waals surface area contributed by atoms with Crippen molar-refractivity contribution in [2.75, 3.05) is 0 Å². The van der Waals surface area contributed by atoms with Crippen LogP contribution in [-0.2, 0) is 19.2 Å². The maximum Gasteiger partial charge on any atom is 0.303 e. The molecule has 0 aliphatic carbocycles. The van der Waals surface area contributed by atoms with Gasteiger partial charge in [-0.15, -0.1) is 6.58 Å². The van der Waals surface area contributed by atoms with Crippen molar-refractivity contribution >= 4 is 23.9 Å². The maximum atomic E-state index is 10.2. The molecule has 0 aliphatic rings. The third-order valence-electron chi connectivity index (χ3n) is 8.84. The molecule has 0 unspecified atom stereocenters. The van der Waals surface area contributed by atoms with E-state index in [1.54, 1.807) is 0 Å². The van der Waals surface area contributed by atoms with Gasteiger partial charge in [0, 0.05) is 25.7 Å². The molecule has 0 fully saturated rings. The molecule has 0 aromatic carbocycles. The Morgan fingerprint density at radius 2 is 0.643 bits per heavy atom. The molecular formula is C48H88O8. The Morgan fingerprint density at radius 3 is 0.929 bits per heavy atom. The summed E-state index contributed by atoms with van der Waals surface area (Å²) in [6, 6.07) is 0. The molecule has 0 rings (SSSR count). The summed E-state index contributed by atoms with van der Waals surface area (Å²) in [7, 11) is 0. The first kappa shape index (κ1) is 59.5. The van der Waals surface area contributed by atoms with Crippen LogP contribution in [0.15, 0.2) is 49.1 Å². The molecule has 328 valence electrons. The highest BCUT2D eigenvalue weighted by Crippen LogP contribution is 2.11. The van der Waals surface area contributed by atoms with Crippen molar-refractivity contribution in [2.45, 2.75) is 233 Å². The lowest BCUT2D eigenvalue weighted by Crippen LogP contribution is -1.93. The van der Waals surface area contributed by atoms with Crippen LogP contribution >= 0.6 is 0 Å². The number of hydrogen-bond donors (Lipinski definition) is 4. The molecule has 0 spiro atoms. The first-order valence-corrected chi connectivity index (χ1v) is 22.5. The predicted molar refractivity (Wildman–Crippen MR) is 238 cm³/mol. The van der Waals surface area contributed by atoms with Gasteiger partial charge in [-0.1, -0.05) is 153 Å². The van der Waals surface area contributed by atoms with Crippen LogP contribution < -0.4 is 0 Å². The van der Waals surface area contributed by atoms with Crippen LogP contribution in [0.2, 0.25) is 0 Å². The zero-order valence-corrected chi connectivity index (χ0v) is 36.5. The molecule has 0 saturated carbocycles. The molecule has 56 heavy (non-hydrogen) atoms. The summed E-state index contributed by atoms with van der Waals surface area (Å²) < 4.78 is 0. The van der Waals surface area contributed by atoms with Crippen molar-refractivity contribution in [1.29, 1.82) is 0 Å². The fourth-order valence-electron chi connectivity index (χ4n) is 5.51. The largest absolute Gasteiger partial charge is 0.481 e. The molecule has 8 nitrogen and oxygen atoms in total. The average Bonchev–Trinajstić information content (AvgIpc) is 3.15. The molecule has 0 aromatic heterocycles. The lowest BCUT2D eigenvalue weighted by Gasteiger charge is -1.99. The Labute approximate surface area is 344 Å². The second kappa shape index (κ2) is 56.2. The number of rotatable bonds is 37. The minimum absolute atomic E-state index is 0.325.